The first-order valence-corrected chi connectivity index (χ1v) is 6.14. The van der Waals surface area contributed by atoms with E-state index in [1.54, 1.807) is 0 Å². The SMILES string of the molecule is COC(=O)C(C(=O)OC)C(C[N+](=O)[O-])c1c(F)cc(F)cc1F. The summed E-state index contributed by atoms with van der Waals surface area (Å²) >= 11 is 0. The summed E-state index contributed by atoms with van der Waals surface area (Å²) in [6, 6.07) is 0.577. The molecule has 0 spiro atoms. The third-order valence-electron chi connectivity index (χ3n) is 3.07. The molecule has 0 radical (unpaired) electrons. The van der Waals surface area contributed by atoms with Gasteiger partial charge < -0.3 is 9.47 Å². The van der Waals surface area contributed by atoms with Crippen molar-refractivity contribution in [3.8, 4) is 0 Å². The van der Waals surface area contributed by atoms with E-state index < -0.39 is 58.3 Å². The maximum atomic E-state index is 13.9. The minimum Gasteiger partial charge on any atom is -0.468 e. The lowest BCUT2D eigenvalue weighted by molar-refractivity contribution is -0.484. The Morgan fingerprint density at radius 1 is 1.13 bits per heavy atom. The molecule has 0 saturated heterocycles. The molecule has 0 aliphatic heterocycles. The van der Waals surface area contributed by atoms with Crippen LogP contribution in [0.2, 0.25) is 0 Å². The molecule has 126 valence electrons. The Bertz CT molecular complexity index is 597. The number of methoxy groups -OCH3 is 2. The van der Waals surface area contributed by atoms with E-state index in [1.165, 1.54) is 0 Å². The van der Waals surface area contributed by atoms with Crippen molar-refractivity contribution in [2.24, 2.45) is 5.92 Å². The first-order chi connectivity index (χ1) is 10.7. The van der Waals surface area contributed by atoms with Gasteiger partial charge in [0.05, 0.1) is 20.1 Å². The molecule has 0 aliphatic rings. The van der Waals surface area contributed by atoms with Gasteiger partial charge in [-0.25, -0.2) is 13.2 Å². The highest BCUT2D eigenvalue weighted by Crippen LogP contribution is 2.32. The highest BCUT2D eigenvalue weighted by Gasteiger charge is 2.43. The van der Waals surface area contributed by atoms with Crippen LogP contribution in [-0.2, 0) is 19.1 Å². The lowest BCUT2D eigenvalue weighted by Gasteiger charge is -2.21. The quantitative estimate of drug-likeness (QED) is 0.338. The number of hydrogen-bond donors (Lipinski definition) is 0. The standard InChI is InChI=1S/C13H12F3NO6/c1-22-12(18)11(13(19)23-2)7(5-17(20)21)10-8(15)3-6(14)4-9(10)16/h3-4,7,11H,5H2,1-2H3. The van der Waals surface area contributed by atoms with E-state index in [4.69, 9.17) is 0 Å². The van der Waals surface area contributed by atoms with Crippen molar-refractivity contribution in [3.05, 3.63) is 45.3 Å². The number of halogens is 3. The van der Waals surface area contributed by atoms with Crippen LogP contribution in [0.15, 0.2) is 12.1 Å². The lowest BCUT2D eigenvalue weighted by Crippen LogP contribution is -2.36. The molecule has 10 heteroatoms. The summed E-state index contributed by atoms with van der Waals surface area (Å²) in [6.45, 7) is -1.17. The predicted octanol–water partition coefficient (Wildman–Crippen LogP) is 1.43. The van der Waals surface area contributed by atoms with E-state index in [0.717, 1.165) is 14.2 Å². The third kappa shape index (κ3) is 4.18. The number of carbonyl (C=O) groups is 2. The molecule has 23 heavy (non-hydrogen) atoms. The highest BCUT2D eigenvalue weighted by molar-refractivity contribution is 5.96. The maximum absolute atomic E-state index is 13.9. The van der Waals surface area contributed by atoms with Gasteiger partial charge in [0.2, 0.25) is 6.54 Å². The third-order valence-corrected chi connectivity index (χ3v) is 3.07. The lowest BCUT2D eigenvalue weighted by atomic mass is 9.85. The van der Waals surface area contributed by atoms with Crippen LogP contribution in [0.25, 0.3) is 0 Å². The average molecular weight is 335 g/mol. The van der Waals surface area contributed by atoms with Crippen LogP contribution in [0.4, 0.5) is 13.2 Å². The molecule has 7 nitrogen and oxygen atoms in total. The van der Waals surface area contributed by atoms with Gasteiger partial charge in [0, 0.05) is 22.6 Å². The molecule has 0 aromatic heterocycles. The number of carbonyl (C=O) groups excluding carboxylic acids is 2. The van der Waals surface area contributed by atoms with Gasteiger partial charge in [-0.1, -0.05) is 0 Å². The summed E-state index contributed by atoms with van der Waals surface area (Å²) in [5, 5.41) is 10.8. The summed E-state index contributed by atoms with van der Waals surface area (Å²) in [5.41, 5.74) is -0.969. The molecule has 1 aromatic rings. The Balaban J connectivity index is 3.52. The summed E-state index contributed by atoms with van der Waals surface area (Å²) in [5.74, 6) is -10.6. The molecule has 0 saturated carbocycles. The van der Waals surface area contributed by atoms with Crippen LogP contribution in [0, 0.1) is 33.5 Å². The monoisotopic (exact) mass is 335 g/mol. The van der Waals surface area contributed by atoms with E-state index in [-0.39, 0.29) is 12.1 Å². The second-order valence-corrected chi connectivity index (χ2v) is 4.43. The minimum absolute atomic E-state index is 0.289. The smallest absolute Gasteiger partial charge is 0.320 e. The second-order valence-electron chi connectivity index (χ2n) is 4.43. The zero-order chi connectivity index (χ0) is 17.7. The molecule has 1 aromatic carbocycles. The largest absolute Gasteiger partial charge is 0.468 e. The fraction of sp³-hybridized carbons (Fsp3) is 0.385. The Labute approximate surface area is 128 Å². The van der Waals surface area contributed by atoms with Crippen molar-refractivity contribution < 1.29 is 37.2 Å². The van der Waals surface area contributed by atoms with E-state index in [0.29, 0.717) is 0 Å². The van der Waals surface area contributed by atoms with Crippen LogP contribution in [0.3, 0.4) is 0 Å². The highest BCUT2D eigenvalue weighted by atomic mass is 19.1. The summed E-state index contributed by atoms with van der Waals surface area (Å²) in [7, 11) is 1.78. The van der Waals surface area contributed by atoms with Crippen LogP contribution in [0.5, 0.6) is 0 Å². The zero-order valence-corrected chi connectivity index (χ0v) is 12.0. The number of ether oxygens (including phenoxy) is 2. The number of nitro groups is 1. The fourth-order valence-corrected chi connectivity index (χ4v) is 2.11. The van der Waals surface area contributed by atoms with Crippen molar-refractivity contribution in [1.29, 1.82) is 0 Å². The molecule has 0 heterocycles. The van der Waals surface area contributed by atoms with Gasteiger partial charge in [-0.05, 0) is 0 Å². The second kappa shape index (κ2) is 7.56. The van der Waals surface area contributed by atoms with E-state index >= 15 is 0 Å². The van der Waals surface area contributed by atoms with Gasteiger partial charge in [-0.3, -0.25) is 19.7 Å². The number of hydrogen-bond acceptors (Lipinski definition) is 6. The minimum atomic E-state index is -1.98. The van der Waals surface area contributed by atoms with Crippen LogP contribution < -0.4 is 0 Å². The molecule has 0 N–H and O–H groups in total. The number of benzene rings is 1. The first kappa shape index (κ1) is 18.4. The molecular weight excluding hydrogens is 323 g/mol. The van der Waals surface area contributed by atoms with Gasteiger partial charge in [-0.2, -0.15) is 0 Å². The van der Waals surface area contributed by atoms with Crippen molar-refractivity contribution in [3.63, 3.8) is 0 Å². The topological polar surface area (TPSA) is 95.7 Å². The van der Waals surface area contributed by atoms with Gasteiger partial charge in [0.15, 0.2) is 5.92 Å². The Morgan fingerprint density at radius 3 is 1.91 bits per heavy atom. The first-order valence-electron chi connectivity index (χ1n) is 6.14. The predicted molar refractivity (Wildman–Crippen MR) is 68.4 cm³/mol. The zero-order valence-electron chi connectivity index (χ0n) is 12.0. The molecule has 0 bridgehead atoms. The van der Waals surface area contributed by atoms with Gasteiger partial charge in [-0.15, -0.1) is 0 Å². The maximum Gasteiger partial charge on any atom is 0.320 e. The van der Waals surface area contributed by atoms with Crippen LogP contribution in [0.1, 0.15) is 11.5 Å². The Morgan fingerprint density at radius 2 is 1.57 bits per heavy atom. The van der Waals surface area contributed by atoms with E-state index in [9.17, 15) is 32.9 Å². The van der Waals surface area contributed by atoms with Gasteiger partial charge >= 0.3 is 11.9 Å². The van der Waals surface area contributed by atoms with Crippen molar-refractivity contribution in [1.82, 2.24) is 0 Å². The summed E-state index contributed by atoms with van der Waals surface area (Å²) in [4.78, 5) is 33.3. The molecule has 1 atom stereocenters. The molecule has 0 fully saturated rings. The summed E-state index contributed by atoms with van der Waals surface area (Å²) in [6.07, 6.45) is 0. The molecule has 0 amide bonds. The van der Waals surface area contributed by atoms with Crippen LogP contribution >= 0.6 is 0 Å². The molecule has 1 unspecified atom stereocenters. The van der Waals surface area contributed by atoms with E-state index in [1.807, 2.05) is 0 Å². The molecule has 0 aliphatic carbocycles. The fourth-order valence-electron chi connectivity index (χ4n) is 2.11. The molecular formula is C13H12F3NO6. The summed E-state index contributed by atoms with van der Waals surface area (Å²) < 4.78 is 49.5. The Hall–Kier alpha value is -2.65. The average Bonchev–Trinajstić information content (AvgIpc) is 2.45. The van der Waals surface area contributed by atoms with Gasteiger partial charge in [0.1, 0.15) is 17.5 Å². The number of rotatable bonds is 6. The normalized spacial score (nSPS) is 11.9. The van der Waals surface area contributed by atoms with E-state index in [2.05, 4.69) is 9.47 Å². The van der Waals surface area contributed by atoms with Crippen LogP contribution in [-0.4, -0.2) is 37.6 Å². The Kier molecular flexibility index (Phi) is 6.05. The van der Waals surface area contributed by atoms with Crippen molar-refractivity contribution in [2.45, 2.75) is 5.92 Å². The number of esters is 2. The van der Waals surface area contributed by atoms with Crippen molar-refractivity contribution in [2.75, 3.05) is 20.8 Å². The number of nitrogens with zero attached hydrogens (tertiary/aromatic N) is 1. The molecule has 1 rings (SSSR count). The van der Waals surface area contributed by atoms with Crippen molar-refractivity contribution >= 4 is 11.9 Å². The van der Waals surface area contributed by atoms with Gasteiger partial charge in [0.25, 0.3) is 0 Å².